The van der Waals surface area contributed by atoms with Gasteiger partial charge in [0.25, 0.3) is 0 Å². The van der Waals surface area contributed by atoms with Crippen molar-refractivity contribution in [3.63, 3.8) is 0 Å². The Hall–Kier alpha value is -1.84. The van der Waals surface area contributed by atoms with Crippen LogP contribution in [0.2, 0.25) is 0 Å². The van der Waals surface area contributed by atoms with Crippen molar-refractivity contribution in [1.82, 2.24) is 4.90 Å². The van der Waals surface area contributed by atoms with Gasteiger partial charge in [0.15, 0.2) is 0 Å². The quantitative estimate of drug-likeness (QED) is 0.906. The average molecular weight is 283 g/mol. The van der Waals surface area contributed by atoms with Crippen LogP contribution in [0.3, 0.4) is 0 Å². The molecule has 1 aliphatic heterocycles. The number of para-hydroxylation sites is 1. The normalized spacial score (nSPS) is 22.5. The zero-order valence-corrected chi connectivity index (χ0v) is 12.0. The lowest BCUT2D eigenvalue weighted by Crippen LogP contribution is -2.20. The molecule has 2 N–H and O–H groups in total. The van der Waals surface area contributed by atoms with Crippen LogP contribution >= 0.6 is 0 Å². The maximum absolute atomic E-state index is 10.1. The van der Waals surface area contributed by atoms with Crippen LogP contribution in [0.15, 0.2) is 54.6 Å². The van der Waals surface area contributed by atoms with E-state index < -0.39 is 0 Å². The molecule has 2 aromatic carbocycles. The van der Waals surface area contributed by atoms with Crippen molar-refractivity contribution in [2.24, 2.45) is 5.92 Å². The highest BCUT2D eigenvalue weighted by Crippen LogP contribution is 2.37. The summed E-state index contributed by atoms with van der Waals surface area (Å²) in [5.74, 6) is 0.712. The highest BCUT2D eigenvalue weighted by atomic mass is 16.3. The van der Waals surface area contributed by atoms with Gasteiger partial charge in [0.1, 0.15) is 5.75 Å². The molecule has 3 nitrogen and oxygen atoms in total. The monoisotopic (exact) mass is 283 g/mol. The van der Waals surface area contributed by atoms with Gasteiger partial charge in [-0.15, -0.1) is 0 Å². The molecule has 0 aliphatic carbocycles. The number of phenolic OH excluding ortho intramolecular Hbond substituents is 1. The molecule has 1 aliphatic rings. The first-order valence-electron chi connectivity index (χ1n) is 7.43. The van der Waals surface area contributed by atoms with E-state index in [0.717, 1.165) is 25.2 Å². The summed E-state index contributed by atoms with van der Waals surface area (Å²) in [4.78, 5) is 2.35. The molecule has 0 saturated carbocycles. The first kappa shape index (κ1) is 14.1. The van der Waals surface area contributed by atoms with Gasteiger partial charge in [-0.2, -0.15) is 0 Å². The van der Waals surface area contributed by atoms with Crippen LogP contribution in [0.1, 0.15) is 17.0 Å². The molecule has 0 spiro atoms. The Labute approximate surface area is 125 Å². The van der Waals surface area contributed by atoms with E-state index in [1.807, 2.05) is 24.3 Å². The Morgan fingerprint density at radius 3 is 2.38 bits per heavy atom. The summed E-state index contributed by atoms with van der Waals surface area (Å²) in [5, 5.41) is 19.7. The summed E-state index contributed by atoms with van der Waals surface area (Å²) in [7, 11) is 0. The first-order chi connectivity index (χ1) is 10.3. The summed E-state index contributed by atoms with van der Waals surface area (Å²) in [6.45, 7) is 2.79. The Morgan fingerprint density at radius 2 is 1.67 bits per heavy atom. The fourth-order valence-corrected chi connectivity index (χ4v) is 3.27. The first-order valence-corrected chi connectivity index (χ1v) is 7.43. The van der Waals surface area contributed by atoms with Gasteiger partial charge in [0.2, 0.25) is 0 Å². The average Bonchev–Trinajstić information content (AvgIpc) is 2.91. The number of aliphatic hydroxyl groups excluding tert-OH is 1. The fourth-order valence-electron chi connectivity index (χ4n) is 3.27. The van der Waals surface area contributed by atoms with E-state index in [0.29, 0.717) is 5.75 Å². The van der Waals surface area contributed by atoms with Crippen molar-refractivity contribution >= 4 is 0 Å². The van der Waals surface area contributed by atoms with Crippen LogP contribution < -0.4 is 0 Å². The second-order valence-electron chi connectivity index (χ2n) is 5.79. The Kier molecular flexibility index (Phi) is 4.23. The Balaban J connectivity index is 1.76. The van der Waals surface area contributed by atoms with Gasteiger partial charge in [0.05, 0.1) is 0 Å². The second kappa shape index (κ2) is 6.29. The van der Waals surface area contributed by atoms with E-state index in [-0.39, 0.29) is 18.4 Å². The summed E-state index contributed by atoms with van der Waals surface area (Å²) in [5.41, 5.74) is 2.24. The molecule has 2 atom stereocenters. The standard InChI is InChI=1S/C18H21NO2/c20-13-15-11-19(10-14-6-2-1-3-7-14)12-17(15)16-8-4-5-9-18(16)21/h1-9,15,17,20-21H,10-13H2/t15-,17-/m0/s1. The van der Waals surface area contributed by atoms with E-state index in [9.17, 15) is 10.2 Å². The van der Waals surface area contributed by atoms with E-state index in [1.165, 1.54) is 5.56 Å². The molecule has 110 valence electrons. The van der Waals surface area contributed by atoms with E-state index in [1.54, 1.807) is 6.07 Å². The molecule has 1 heterocycles. The van der Waals surface area contributed by atoms with Gasteiger partial charge < -0.3 is 10.2 Å². The van der Waals surface area contributed by atoms with Crippen LogP contribution in [0.25, 0.3) is 0 Å². The number of aliphatic hydroxyl groups is 1. The van der Waals surface area contributed by atoms with E-state index in [4.69, 9.17) is 0 Å². The maximum atomic E-state index is 10.1. The Morgan fingerprint density at radius 1 is 0.952 bits per heavy atom. The minimum Gasteiger partial charge on any atom is -0.508 e. The second-order valence-corrected chi connectivity index (χ2v) is 5.79. The zero-order valence-electron chi connectivity index (χ0n) is 12.0. The van der Waals surface area contributed by atoms with Crippen molar-refractivity contribution < 1.29 is 10.2 Å². The number of likely N-dealkylation sites (tertiary alicyclic amines) is 1. The molecule has 21 heavy (non-hydrogen) atoms. The molecular weight excluding hydrogens is 262 g/mol. The zero-order chi connectivity index (χ0) is 14.7. The fraction of sp³-hybridized carbons (Fsp3) is 0.333. The number of benzene rings is 2. The molecule has 0 aromatic heterocycles. The van der Waals surface area contributed by atoms with E-state index >= 15 is 0 Å². The predicted molar refractivity (Wildman–Crippen MR) is 83.1 cm³/mol. The van der Waals surface area contributed by atoms with Crippen molar-refractivity contribution in [3.05, 3.63) is 65.7 Å². The van der Waals surface area contributed by atoms with E-state index in [2.05, 4.69) is 29.2 Å². The molecule has 0 unspecified atom stereocenters. The smallest absolute Gasteiger partial charge is 0.119 e. The third-order valence-corrected chi connectivity index (χ3v) is 4.34. The minimum absolute atomic E-state index is 0.157. The molecule has 0 amide bonds. The van der Waals surface area contributed by atoms with Crippen molar-refractivity contribution in [2.45, 2.75) is 12.5 Å². The molecule has 1 saturated heterocycles. The number of aromatic hydroxyl groups is 1. The summed E-state index contributed by atoms with van der Waals surface area (Å²) >= 11 is 0. The van der Waals surface area contributed by atoms with Crippen LogP contribution in [0.5, 0.6) is 5.75 Å². The van der Waals surface area contributed by atoms with Crippen molar-refractivity contribution in [1.29, 1.82) is 0 Å². The minimum atomic E-state index is 0.157. The molecule has 0 bridgehead atoms. The van der Waals surface area contributed by atoms with Gasteiger partial charge in [-0.05, 0) is 17.2 Å². The number of rotatable bonds is 4. The number of hydrogen-bond acceptors (Lipinski definition) is 3. The lowest BCUT2D eigenvalue weighted by Gasteiger charge is -2.17. The van der Waals surface area contributed by atoms with Crippen molar-refractivity contribution in [2.75, 3.05) is 19.7 Å². The number of phenols is 1. The number of nitrogens with zero attached hydrogens (tertiary/aromatic N) is 1. The highest BCUT2D eigenvalue weighted by molar-refractivity contribution is 5.36. The van der Waals surface area contributed by atoms with Gasteiger partial charge in [-0.3, -0.25) is 4.90 Å². The largest absolute Gasteiger partial charge is 0.508 e. The van der Waals surface area contributed by atoms with Crippen LogP contribution in [-0.2, 0) is 6.54 Å². The summed E-state index contributed by atoms with van der Waals surface area (Å²) in [6.07, 6.45) is 0. The SMILES string of the molecule is OC[C@@H]1CN(Cc2ccccc2)C[C@@H]1c1ccccc1O. The van der Waals surface area contributed by atoms with Gasteiger partial charge in [-0.25, -0.2) is 0 Å². The molecule has 2 aromatic rings. The van der Waals surface area contributed by atoms with Gasteiger partial charge in [0, 0.05) is 38.1 Å². The molecule has 1 fully saturated rings. The van der Waals surface area contributed by atoms with Crippen molar-refractivity contribution in [3.8, 4) is 5.75 Å². The lowest BCUT2D eigenvalue weighted by molar-refractivity contribution is 0.213. The third-order valence-electron chi connectivity index (χ3n) is 4.34. The molecular formula is C18H21NO2. The van der Waals surface area contributed by atoms with Crippen LogP contribution in [-0.4, -0.2) is 34.8 Å². The maximum Gasteiger partial charge on any atom is 0.119 e. The summed E-state index contributed by atoms with van der Waals surface area (Å²) < 4.78 is 0. The van der Waals surface area contributed by atoms with Crippen LogP contribution in [0.4, 0.5) is 0 Å². The highest BCUT2D eigenvalue weighted by Gasteiger charge is 2.34. The molecule has 0 radical (unpaired) electrons. The predicted octanol–water partition coefficient (Wildman–Crippen LogP) is 2.60. The lowest BCUT2D eigenvalue weighted by atomic mass is 9.89. The molecule has 3 rings (SSSR count). The molecule has 3 heteroatoms. The van der Waals surface area contributed by atoms with Gasteiger partial charge in [-0.1, -0.05) is 48.5 Å². The summed E-state index contributed by atoms with van der Waals surface area (Å²) in [6, 6.07) is 17.9. The topological polar surface area (TPSA) is 43.7 Å². The van der Waals surface area contributed by atoms with Crippen LogP contribution in [0, 0.1) is 5.92 Å². The van der Waals surface area contributed by atoms with Gasteiger partial charge >= 0.3 is 0 Å². The third kappa shape index (κ3) is 3.09. The number of hydrogen-bond donors (Lipinski definition) is 2. The Bertz CT molecular complexity index is 585.